The molecule has 1 atom stereocenters. The van der Waals surface area contributed by atoms with Crippen molar-refractivity contribution in [2.75, 3.05) is 12.4 Å². The monoisotopic (exact) mass is 371 g/mol. The van der Waals surface area contributed by atoms with Crippen LogP contribution in [0, 0.1) is 5.82 Å². The summed E-state index contributed by atoms with van der Waals surface area (Å²) in [5, 5.41) is 2.91. The molecule has 21 heavy (non-hydrogen) atoms. The van der Waals surface area contributed by atoms with Crippen molar-refractivity contribution >= 4 is 39.2 Å². The lowest BCUT2D eigenvalue weighted by Gasteiger charge is -2.19. The van der Waals surface area contributed by atoms with E-state index in [1.807, 2.05) is 6.07 Å². The number of esters is 1. The second-order valence-electron chi connectivity index (χ2n) is 4.25. The van der Waals surface area contributed by atoms with Crippen molar-refractivity contribution < 1.29 is 13.9 Å². The van der Waals surface area contributed by atoms with Gasteiger partial charge in [-0.25, -0.2) is 9.18 Å². The maximum absolute atomic E-state index is 14.1. The zero-order valence-electron chi connectivity index (χ0n) is 11.1. The topological polar surface area (TPSA) is 38.3 Å². The maximum atomic E-state index is 14.1. The van der Waals surface area contributed by atoms with Crippen molar-refractivity contribution in [2.24, 2.45) is 0 Å². The molecule has 0 heterocycles. The minimum Gasteiger partial charge on any atom is -0.467 e. The number of ether oxygens (including phenoxy) is 1. The summed E-state index contributed by atoms with van der Waals surface area (Å²) in [6.45, 7) is 0. The van der Waals surface area contributed by atoms with Gasteiger partial charge in [0.15, 0.2) is 6.04 Å². The lowest BCUT2D eigenvalue weighted by Crippen LogP contribution is -2.23. The first kappa shape index (κ1) is 15.8. The number of halogens is 3. The normalized spacial score (nSPS) is 11.8. The first-order valence-corrected chi connectivity index (χ1v) is 7.24. The third kappa shape index (κ3) is 3.74. The van der Waals surface area contributed by atoms with Crippen LogP contribution >= 0.6 is 27.5 Å². The number of hydrogen-bond acceptors (Lipinski definition) is 3. The number of anilines is 1. The molecule has 0 spiro atoms. The van der Waals surface area contributed by atoms with Crippen LogP contribution in [0.25, 0.3) is 0 Å². The van der Waals surface area contributed by atoms with Crippen LogP contribution in [0.4, 0.5) is 10.1 Å². The average molecular weight is 373 g/mol. The number of carbonyl (C=O) groups excluding carboxylic acids is 1. The molecule has 0 radical (unpaired) electrons. The predicted octanol–water partition coefficient (Wildman–Crippen LogP) is 4.57. The molecule has 3 nitrogen and oxygen atoms in total. The van der Waals surface area contributed by atoms with Gasteiger partial charge >= 0.3 is 5.97 Å². The standard InChI is InChI=1S/C15H12BrClFNO2/c1-21-15(20)14(11-6-3-7-12(17)13(11)18)19-10-5-2-4-9(16)8-10/h2-8,14,19H,1H3. The molecular formula is C15H12BrClFNO2. The van der Waals surface area contributed by atoms with Crippen LogP contribution in [0.1, 0.15) is 11.6 Å². The molecule has 0 saturated heterocycles. The zero-order chi connectivity index (χ0) is 15.4. The van der Waals surface area contributed by atoms with Gasteiger partial charge in [0, 0.05) is 15.7 Å². The van der Waals surface area contributed by atoms with Crippen molar-refractivity contribution in [2.45, 2.75) is 6.04 Å². The number of benzene rings is 2. The first-order valence-electron chi connectivity index (χ1n) is 6.06. The number of nitrogens with one attached hydrogen (secondary N) is 1. The third-order valence-electron chi connectivity index (χ3n) is 2.86. The Kier molecular flexibility index (Phi) is 5.20. The smallest absolute Gasteiger partial charge is 0.333 e. The van der Waals surface area contributed by atoms with Crippen molar-refractivity contribution in [3.63, 3.8) is 0 Å². The molecule has 0 bridgehead atoms. The Balaban J connectivity index is 2.39. The lowest BCUT2D eigenvalue weighted by molar-refractivity contribution is -0.141. The molecule has 0 saturated carbocycles. The summed E-state index contributed by atoms with van der Waals surface area (Å²) >= 11 is 9.11. The van der Waals surface area contributed by atoms with Crippen molar-refractivity contribution in [1.29, 1.82) is 0 Å². The largest absolute Gasteiger partial charge is 0.467 e. The maximum Gasteiger partial charge on any atom is 0.333 e. The van der Waals surface area contributed by atoms with Crippen LogP contribution < -0.4 is 5.32 Å². The van der Waals surface area contributed by atoms with Crippen molar-refractivity contribution in [3.8, 4) is 0 Å². The molecule has 0 aromatic heterocycles. The van der Waals surface area contributed by atoms with E-state index >= 15 is 0 Å². The van der Waals surface area contributed by atoms with E-state index < -0.39 is 17.8 Å². The summed E-state index contributed by atoms with van der Waals surface area (Å²) in [6.07, 6.45) is 0. The van der Waals surface area contributed by atoms with Gasteiger partial charge in [0.25, 0.3) is 0 Å². The van der Waals surface area contributed by atoms with E-state index in [9.17, 15) is 9.18 Å². The molecule has 110 valence electrons. The Morgan fingerprint density at radius 1 is 1.33 bits per heavy atom. The van der Waals surface area contributed by atoms with Gasteiger partial charge < -0.3 is 10.1 Å². The van der Waals surface area contributed by atoms with E-state index in [1.54, 1.807) is 24.3 Å². The quantitative estimate of drug-likeness (QED) is 0.799. The molecule has 2 rings (SSSR count). The Morgan fingerprint density at radius 3 is 2.71 bits per heavy atom. The number of hydrogen-bond donors (Lipinski definition) is 1. The summed E-state index contributed by atoms with van der Waals surface area (Å²) in [5.74, 6) is -1.24. The van der Waals surface area contributed by atoms with E-state index in [0.717, 1.165) is 4.47 Å². The first-order chi connectivity index (χ1) is 10.0. The fourth-order valence-electron chi connectivity index (χ4n) is 1.87. The van der Waals surface area contributed by atoms with Gasteiger partial charge in [0.05, 0.1) is 12.1 Å². The number of rotatable bonds is 4. The van der Waals surface area contributed by atoms with Crippen LogP contribution in [0.3, 0.4) is 0 Å². The SMILES string of the molecule is COC(=O)C(Nc1cccc(Br)c1)c1cccc(Cl)c1F. The highest BCUT2D eigenvalue weighted by Gasteiger charge is 2.25. The van der Waals surface area contributed by atoms with E-state index in [4.69, 9.17) is 16.3 Å². The van der Waals surface area contributed by atoms with E-state index in [-0.39, 0.29) is 10.6 Å². The van der Waals surface area contributed by atoms with Crippen molar-refractivity contribution in [1.82, 2.24) is 0 Å². The van der Waals surface area contributed by atoms with Crippen LogP contribution in [0.15, 0.2) is 46.9 Å². The molecule has 1 unspecified atom stereocenters. The number of carbonyl (C=O) groups is 1. The van der Waals surface area contributed by atoms with Gasteiger partial charge in [0.2, 0.25) is 0 Å². The van der Waals surface area contributed by atoms with Gasteiger partial charge in [-0.1, -0.05) is 45.7 Å². The summed E-state index contributed by atoms with van der Waals surface area (Å²) in [4.78, 5) is 12.0. The van der Waals surface area contributed by atoms with Gasteiger partial charge in [-0.15, -0.1) is 0 Å². The zero-order valence-corrected chi connectivity index (χ0v) is 13.4. The predicted molar refractivity (Wildman–Crippen MR) is 83.9 cm³/mol. The minimum atomic E-state index is -0.983. The van der Waals surface area contributed by atoms with Crippen LogP contribution in [-0.4, -0.2) is 13.1 Å². The van der Waals surface area contributed by atoms with Gasteiger partial charge in [-0.05, 0) is 24.3 Å². The molecule has 2 aromatic rings. The molecule has 0 aliphatic rings. The van der Waals surface area contributed by atoms with Crippen LogP contribution in [-0.2, 0) is 9.53 Å². The highest BCUT2D eigenvalue weighted by molar-refractivity contribution is 9.10. The Labute approximate surface area is 135 Å². The Bertz CT molecular complexity index is 666. The average Bonchev–Trinajstić information content (AvgIpc) is 2.47. The van der Waals surface area contributed by atoms with Crippen LogP contribution in [0.2, 0.25) is 5.02 Å². The lowest BCUT2D eigenvalue weighted by atomic mass is 10.1. The molecular weight excluding hydrogens is 361 g/mol. The molecule has 1 N–H and O–H groups in total. The Morgan fingerprint density at radius 2 is 2.05 bits per heavy atom. The molecule has 0 fully saturated rings. The number of methoxy groups -OCH3 is 1. The highest BCUT2D eigenvalue weighted by Crippen LogP contribution is 2.28. The summed E-state index contributed by atoms with van der Waals surface area (Å²) in [7, 11) is 1.25. The minimum absolute atomic E-state index is 0.0440. The van der Waals surface area contributed by atoms with Gasteiger partial charge in [0.1, 0.15) is 5.82 Å². The fraction of sp³-hybridized carbons (Fsp3) is 0.133. The highest BCUT2D eigenvalue weighted by atomic mass is 79.9. The summed E-state index contributed by atoms with van der Waals surface area (Å²) < 4.78 is 19.7. The van der Waals surface area contributed by atoms with Crippen LogP contribution in [0.5, 0.6) is 0 Å². The molecule has 6 heteroatoms. The van der Waals surface area contributed by atoms with E-state index in [1.165, 1.54) is 19.2 Å². The molecule has 2 aromatic carbocycles. The molecule has 0 aliphatic carbocycles. The Hall–Kier alpha value is -1.59. The second kappa shape index (κ2) is 6.91. The molecule has 0 aliphatic heterocycles. The van der Waals surface area contributed by atoms with Gasteiger partial charge in [-0.2, -0.15) is 0 Å². The van der Waals surface area contributed by atoms with Crippen molar-refractivity contribution in [3.05, 3.63) is 63.3 Å². The summed E-state index contributed by atoms with van der Waals surface area (Å²) in [6, 6.07) is 10.7. The van der Waals surface area contributed by atoms with E-state index in [2.05, 4.69) is 21.2 Å². The second-order valence-corrected chi connectivity index (χ2v) is 5.58. The fourth-order valence-corrected chi connectivity index (χ4v) is 2.45. The van der Waals surface area contributed by atoms with Gasteiger partial charge in [-0.3, -0.25) is 0 Å². The third-order valence-corrected chi connectivity index (χ3v) is 3.65. The summed E-state index contributed by atoms with van der Waals surface area (Å²) in [5.41, 5.74) is 0.786. The van der Waals surface area contributed by atoms with E-state index in [0.29, 0.717) is 5.69 Å². The molecule has 0 amide bonds.